The number of nitrogens with zero attached hydrogens (tertiary/aromatic N) is 4. The highest BCUT2D eigenvalue weighted by Gasteiger charge is 2.72. The Kier molecular flexibility index (Phi) is 2.67. The zero-order valence-corrected chi connectivity index (χ0v) is 15.0. The summed E-state index contributed by atoms with van der Waals surface area (Å²) in [5.74, 6) is 2.31. The van der Waals surface area contributed by atoms with Gasteiger partial charge in [0, 0.05) is 37.8 Å². The van der Waals surface area contributed by atoms with E-state index in [2.05, 4.69) is 38.3 Å². The number of piperazine rings is 1. The highest BCUT2D eigenvalue weighted by molar-refractivity contribution is 14.1. The summed E-state index contributed by atoms with van der Waals surface area (Å²) in [6, 6.07) is 0. The fourth-order valence-corrected chi connectivity index (χ4v) is 5.34. The molecule has 22 heavy (non-hydrogen) atoms. The molecule has 0 radical (unpaired) electrons. The van der Waals surface area contributed by atoms with Gasteiger partial charge in [-0.2, -0.15) is 0 Å². The zero-order chi connectivity index (χ0) is 15.1. The van der Waals surface area contributed by atoms with Crippen LogP contribution in [0.2, 0.25) is 0 Å². The summed E-state index contributed by atoms with van der Waals surface area (Å²) in [4.78, 5) is 21.1. The molecule has 6 heteroatoms. The van der Waals surface area contributed by atoms with E-state index in [1.807, 2.05) is 11.9 Å². The first-order valence-corrected chi connectivity index (χ1v) is 9.34. The van der Waals surface area contributed by atoms with E-state index >= 15 is 0 Å². The molecule has 118 valence electrons. The van der Waals surface area contributed by atoms with Crippen molar-refractivity contribution in [3.8, 4) is 0 Å². The predicted molar refractivity (Wildman–Crippen MR) is 90.7 cm³/mol. The van der Waals surface area contributed by atoms with Crippen molar-refractivity contribution in [3.05, 3.63) is 15.7 Å². The summed E-state index contributed by atoms with van der Waals surface area (Å²) in [6.07, 6.45) is 8.50. The van der Waals surface area contributed by atoms with Crippen molar-refractivity contribution < 1.29 is 4.79 Å². The van der Waals surface area contributed by atoms with E-state index in [0.717, 1.165) is 16.8 Å². The highest BCUT2D eigenvalue weighted by Crippen LogP contribution is 2.68. The second-order valence-electron chi connectivity index (χ2n) is 7.78. The standard InChI is InChI=1S/C16H21IN4O/c1-19-4-5-20(7-13(19)22)15-8-16(9-15,10-15)21-6-12(17)18-14(21)11-2-3-11/h6,11H,2-5,7-10H2,1H3. The fourth-order valence-electron chi connectivity index (χ4n) is 4.81. The third-order valence-corrected chi connectivity index (χ3v) is 6.78. The van der Waals surface area contributed by atoms with Crippen LogP contribution in [-0.4, -0.2) is 57.5 Å². The van der Waals surface area contributed by atoms with Crippen LogP contribution in [0.5, 0.6) is 0 Å². The van der Waals surface area contributed by atoms with Crippen molar-refractivity contribution in [2.24, 2.45) is 0 Å². The molecule has 0 unspecified atom stereocenters. The lowest BCUT2D eigenvalue weighted by Gasteiger charge is -2.74. The van der Waals surface area contributed by atoms with Gasteiger partial charge in [0.15, 0.2) is 0 Å². The number of carbonyl (C=O) groups is 1. The third-order valence-electron chi connectivity index (χ3n) is 6.26. The van der Waals surface area contributed by atoms with E-state index in [0.29, 0.717) is 23.5 Å². The largest absolute Gasteiger partial charge is 0.343 e. The molecule has 1 aromatic rings. The van der Waals surface area contributed by atoms with Crippen LogP contribution in [0.15, 0.2) is 6.20 Å². The van der Waals surface area contributed by atoms with Gasteiger partial charge in [0.2, 0.25) is 5.91 Å². The van der Waals surface area contributed by atoms with Gasteiger partial charge in [-0.15, -0.1) is 0 Å². The third kappa shape index (κ3) is 1.74. The number of carbonyl (C=O) groups excluding carboxylic acids is 1. The lowest BCUT2D eigenvalue weighted by molar-refractivity contribution is -0.214. The second kappa shape index (κ2) is 4.26. The first-order chi connectivity index (χ1) is 10.5. The molecule has 1 aliphatic heterocycles. The molecule has 0 spiro atoms. The number of halogens is 1. The van der Waals surface area contributed by atoms with Crippen molar-refractivity contribution in [3.63, 3.8) is 0 Å². The molecule has 0 N–H and O–H groups in total. The van der Waals surface area contributed by atoms with Crippen LogP contribution in [0.25, 0.3) is 0 Å². The van der Waals surface area contributed by atoms with Gasteiger partial charge in [0.05, 0.1) is 12.1 Å². The molecule has 1 aromatic heterocycles. The summed E-state index contributed by atoms with van der Waals surface area (Å²) >= 11 is 2.34. The van der Waals surface area contributed by atoms with E-state index < -0.39 is 0 Å². The van der Waals surface area contributed by atoms with Crippen LogP contribution in [0.1, 0.15) is 43.8 Å². The van der Waals surface area contributed by atoms with Crippen molar-refractivity contribution >= 4 is 28.5 Å². The van der Waals surface area contributed by atoms with Crippen LogP contribution in [0.4, 0.5) is 0 Å². The molecule has 2 heterocycles. The van der Waals surface area contributed by atoms with E-state index in [9.17, 15) is 4.79 Å². The molecule has 6 rings (SSSR count). The molecule has 0 aromatic carbocycles. The van der Waals surface area contributed by atoms with Crippen LogP contribution >= 0.6 is 22.6 Å². The van der Waals surface area contributed by atoms with Crippen LogP contribution < -0.4 is 0 Å². The summed E-state index contributed by atoms with van der Waals surface area (Å²) in [6.45, 7) is 2.53. The van der Waals surface area contributed by atoms with Crippen molar-refractivity contribution in [2.45, 2.75) is 49.1 Å². The molecule has 1 amide bonds. The summed E-state index contributed by atoms with van der Waals surface area (Å²) in [5, 5.41) is 0. The molecule has 4 saturated carbocycles. The average molecular weight is 412 g/mol. The van der Waals surface area contributed by atoms with Crippen LogP contribution in [0.3, 0.4) is 0 Å². The maximum Gasteiger partial charge on any atom is 0.236 e. The highest BCUT2D eigenvalue weighted by atomic mass is 127. The number of aromatic nitrogens is 2. The molecule has 1 saturated heterocycles. The zero-order valence-electron chi connectivity index (χ0n) is 12.9. The minimum atomic E-state index is 0.279. The second-order valence-corrected chi connectivity index (χ2v) is 8.89. The first-order valence-electron chi connectivity index (χ1n) is 8.26. The van der Waals surface area contributed by atoms with E-state index in [4.69, 9.17) is 4.98 Å². The lowest BCUT2D eigenvalue weighted by Crippen LogP contribution is -2.80. The van der Waals surface area contributed by atoms with Gasteiger partial charge in [-0.3, -0.25) is 9.69 Å². The Morgan fingerprint density at radius 1 is 1.23 bits per heavy atom. The van der Waals surface area contributed by atoms with Gasteiger partial charge in [-0.1, -0.05) is 0 Å². The quantitative estimate of drug-likeness (QED) is 0.711. The Labute approximate surface area is 144 Å². The normalized spacial score (nSPS) is 37.9. The number of imidazole rings is 1. The monoisotopic (exact) mass is 412 g/mol. The maximum atomic E-state index is 12.0. The first kappa shape index (κ1) is 13.8. The molecule has 5 fully saturated rings. The molecular formula is C16H21IN4O. The Hall–Kier alpha value is -0.630. The Morgan fingerprint density at radius 3 is 2.59 bits per heavy atom. The number of hydrogen-bond acceptors (Lipinski definition) is 3. The van der Waals surface area contributed by atoms with Gasteiger partial charge < -0.3 is 9.47 Å². The summed E-state index contributed by atoms with van der Waals surface area (Å²) < 4.78 is 3.64. The molecule has 0 atom stereocenters. The van der Waals surface area contributed by atoms with E-state index in [1.54, 1.807) is 0 Å². The molecule has 5 nitrogen and oxygen atoms in total. The average Bonchev–Trinajstić information content (AvgIpc) is 3.15. The summed E-state index contributed by atoms with van der Waals surface area (Å²) in [7, 11) is 1.92. The Morgan fingerprint density at radius 2 is 1.95 bits per heavy atom. The van der Waals surface area contributed by atoms with Crippen molar-refractivity contribution in [2.75, 3.05) is 26.7 Å². The lowest BCUT2D eigenvalue weighted by atomic mass is 9.43. The van der Waals surface area contributed by atoms with Crippen molar-refractivity contribution in [1.29, 1.82) is 0 Å². The van der Waals surface area contributed by atoms with Gasteiger partial charge >= 0.3 is 0 Å². The molecular weight excluding hydrogens is 391 g/mol. The Bertz CT molecular complexity index is 645. The number of hydrogen-bond donors (Lipinski definition) is 0. The van der Waals surface area contributed by atoms with Crippen LogP contribution in [-0.2, 0) is 10.3 Å². The smallest absolute Gasteiger partial charge is 0.236 e. The molecule has 5 aliphatic rings. The van der Waals surface area contributed by atoms with Gasteiger partial charge in [-0.05, 0) is 54.7 Å². The van der Waals surface area contributed by atoms with Crippen molar-refractivity contribution in [1.82, 2.24) is 19.4 Å². The minimum Gasteiger partial charge on any atom is -0.343 e. The fraction of sp³-hybridized carbons (Fsp3) is 0.750. The van der Waals surface area contributed by atoms with Gasteiger partial charge in [0.1, 0.15) is 9.53 Å². The topological polar surface area (TPSA) is 41.4 Å². The van der Waals surface area contributed by atoms with Gasteiger partial charge in [0.25, 0.3) is 0 Å². The van der Waals surface area contributed by atoms with E-state index in [-0.39, 0.29) is 5.91 Å². The molecule has 2 bridgehead atoms. The van der Waals surface area contributed by atoms with E-state index in [1.165, 1.54) is 37.9 Å². The molecule has 4 aliphatic carbocycles. The maximum absolute atomic E-state index is 12.0. The SMILES string of the molecule is CN1CCN(C23CC(n4cc(I)nc4C4CC4)(C2)C3)CC1=O. The number of rotatable bonds is 3. The number of amides is 1. The Balaban J connectivity index is 1.35. The van der Waals surface area contributed by atoms with Gasteiger partial charge in [-0.25, -0.2) is 4.98 Å². The number of likely N-dealkylation sites (N-methyl/N-ethyl adjacent to an activating group) is 1. The van der Waals surface area contributed by atoms with Crippen LogP contribution in [0, 0.1) is 3.70 Å². The minimum absolute atomic E-state index is 0.279. The summed E-state index contributed by atoms with van der Waals surface area (Å²) in [5.41, 5.74) is 0.633. The predicted octanol–water partition coefficient (Wildman–Crippen LogP) is 1.77.